The molecule has 0 atom stereocenters. The number of halogens is 1. The molecule has 50 valence electrons. The number of aromatic amines is 1. The molecule has 1 aromatic heterocycles. The lowest BCUT2D eigenvalue weighted by atomic mass is 10.5. The van der Waals surface area contributed by atoms with Crippen LogP contribution in [-0.4, -0.2) is 17.1 Å². The molecule has 1 N–H and O–H groups in total. The first-order valence-corrected chi connectivity index (χ1v) is 3.59. The number of rotatable bonds is 2. The third-order valence-electron chi connectivity index (χ3n) is 0.897. The Bertz CT molecular complexity index is 187. The fourth-order valence-corrected chi connectivity index (χ4v) is 1.05. The van der Waals surface area contributed by atoms with Gasteiger partial charge in [0, 0.05) is 7.11 Å². The highest BCUT2D eigenvalue weighted by Gasteiger charge is 1.93. The molecule has 0 spiro atoms. The molecule has 4 heteroatoms. The predicted molar refractivity (Wildman–Crippen MR) is 42.0 cm³/mol. The molecule has 0 bridgehead atoms. The summed E-state index contributed by atoms with van der Waals surface area (Å²) in [6, 6.07) is 0. The van der Waals surface area contributed by atoms with Gasteiger partial charge in [-0.15, -0.1) is 0 Å². The summed E-state index contributed by atoms with van der Waals surface area (Å²) >= 11 is 2.12. The molecule has 1 rings (SSSR count). The summed E-state index contributed by atoms with van der Waals surface area (Å²) in [4.78, 5) is 7.01. The van der Waals surface area contributed by atoms with Crippen LogP contribution in [0.25, 0.3) is 0 Å². The second-order valence-corrected chi connectivity index (χ2v) is 2.65. The van der Waals surface area contributed by atoms with E-state index in [1.807, 2.05) is 0 Å². The first kappa shape index (κ1) is 7.01. The number of hydrogen-bond donors (Lipinski definition) is 1. The van der Waals surface area contributed by atoms with Gasteiger partial charge < -0.3 is 9.72 Å². The fraction of sp³-hybridized carbons (Fsp3) is 0.400. The largest absolute Gasteiger partial charge is 0.378 e. The molecule has 0 aromatic carbocycles. The first-order valence-electron chi connectivity index (χ1n) is 2.51. The number of imidazole rings is 1. The van der Waals surface area contributed by atoms with E-state index in [-0.39, 0.29) is 0 Å². The van der Waals surface area contributed by atoms with Crippen LogP contribution in [0.15, 0.2) is 6.20 Å². The highest BCUT2D eigenvalue weighted by molar-refractivity contribution is 14.1. The zero-order valence-electron chi connectivity index (χ0n) is 5.02. The van der Waals surface area contributed by atoms with Crippen LogP contribution in [-0.2, 0) is 11.3 Å². The van der Waals surface area contributed by atoms with Gasteiger partial charge in [0.05, 0.1) is 18.5 Å². The van der Waals surface area contributed by atoms with E-state index < -0.39 is 0 Å². The minimum Gasteiger partial charge on any atom is -0.378 e. The Hall–Kier alpha value is -0.100. The van der Waals surface area contributed by atoms with Gasteiger partial charge in [-0.3, -0.25) is 0 Å². The van der Waals surface area contributed by atoms with Gasteiger partial charge in [0.15, 0.2) is 3.83 Å². The van der Waals surface area contributed by atoms with Gasteiger partial charge in [-0.05, 0) is 22.6 Å². The predicted octanol–water partition coefficient (Wildman–Crippen LogP) is 1.16. The molecule has 0 saturated carbocycles. The average Bonchev–Trinajstić information content (AvgIpc) is 2.17. The van der Waals surface area contributed by atoms with Gasteiger partial charge in [0.1, 0.15) is 0 Å². The molecule has 0 aliphatic heterocycles. The standard InChI is InChI=1S/C5H7IN2O/c1-9-3-4-2-7-5(6)8-4/h2H,3H2,1H3,(H,7,8). The Labute approximate surface area is 67.0 Å². The Morgan fingerprint density at radius 1 is 1.89 bits per heavy atom. The van der Waals surface area contributed by atoms with E-state index in [1.54, 1.807) is 13.3 Å². The van der Waals surface area contributed by atoms with E-state index in [2.05, 4.69) is 32.6 Å². The van der Waals surface area contributed by atoms with Crippen molar-refractivity contribution >= 4 is 22.6 Å². The third kappa shape index (κ3) is 1.94. The van der Waals surface area contributed by atoms with Crippen molar-refractivity contribution < 1.29 is 4.74 Å². The molecule has 1 heterocycles. The maximum atomic E-state index is 4.87. The third-order valence-corrected chi connectivity index (χ3v) is 1.45. The van der Waals surface area contributed by atoms with Crippen LogP contribution in [0, 0.1) is 3.83 Å². The van der Waals surface area contributed by atoms with Gasteiger partial charge in [0.25, 0.3) is 0 Å². The van der Waals surface area contributed by atoms with Crippen molar-refractivity contribution in [2.75, 3.05) is 7.11 Å². The van der Waals surface area contributed by atoms with Crippen LogP contribution in [0.5, 0.6) is 0 Å². The first-order chi connectivity index (χ1) is 4.33. The maximum absolute atomic E-state index is 4.87. The molecular formula is C5H7IN2O. The normalized spacial score (nSPS) is 10.0. The number of methoxy groups -OCH3 is 1. The number of ether oxygens (including phenoxy) is 1. The molecule has 3 nitrogen and oxygen atoms in total. The van der Waals surface area contributed by atoms with Crippen LogP contribution in [0.1, 0.15) is 5.69 Å². The molecule has 0 amide bonds. The summed E-state index contributed by atoms with van der Waals surface area (Å²) in [6.07, 6.45) is 1.77. The average molecular weight is 238 g/mol. The summed E-state index contributed by atoms with van der Waals surface area (Å²) in [7, 11) is 1.66. The summed E-state index contributed by atoms with van der Waals surface area (Å²) in [5, 5.41) is 0. The van der Waals surface area contributed by atoms with Gasteiger partial charge in [-0.1, -0.05) is 0 Å². The molecular weight excluding hydrogens is 231 g/mol. The van der Waals surface area contributed by atoms with Crippen LogP contribution < -0.4 is 0 Å². The molecule has 0 aliphatic carbocycles. The summed E-state index contributed by atoms with van der Waals surface area (Å²) in [5.41, 5.74) is 1.02. The number of hydrogen-bond acceptors (Lipinski definition) is 2. The Kier molecular flexibility index (Phi) is 2.47. The quantitative estimate of drug-likeness (QED) is 0.785. The van der Waals surface area contributed by atoms with E-state index in [0.29, 0.717) is 6.61 Å². The Morgan fingerprint density at radius 2 is 2.67 bits per heavy atom. The Morgan fingerprint density at radius 3 is 3.11 bits per heavy atom. The van der Waals surface area contributed by atoms with E-state index in [9.17, 15) is 0 Å². The molecule has 0 aliphatic rings. The molecule has 9 heavy (non-hydrogen) atoms. The van der Waals surface area contributed by atoms with Crippen molar-refractivity contribution in [2.45, 2.75) is 6.61 Å². The van der Waals surface area contributed by atoms with E-state index in [4.69, 9.17) is 4.74 Å². The second kappa shape index (κ2) is 3.17. The topological polar surface area (TPSA) is 37.9 Å². The summed E-state index contributed by atoms with van der Waals surface area (Å²) in [5.74, 6) is 0. The number of nitrogens with one attached hydrogen (secondary N) is 1. The van der Waals surface area contributed by atoms with Gasteiger partial charge in [0.2, 0.25) is 0 Å². The van der Waals surface area contributed by atoms with E-state index in [0.717, 1.165) is 9.53 Å². The minimum atomic E-state index is 0.607. The lowest BCUT2D eigenvalue weighted by Crippen LogP contribution is -1.85. The van der Waals surface area contributed by atoms with Crippen molar-refractivity contribution in [3.05, 3.63) is 15.7 Å². The molecule has 0 radical (unpaired) electrons. The van der Waals surface area contributed by atoms with Crippen molar-refractivity contribution in [3.8, 4) is 0 Å². The van der Waals surface area contributed by atoms with E-state index in [1.165, 1.54) is 0 Å². The van der Waals surface area contributed by atoms with Gasteiger partial charge >= 0.3 is 0 Å². The van der Waals surface area contributed by atoms with Gasteiger partial charge in [-0.25, -0.2) is 4.98 Å². The zero-order valence-corrected chi connectivity index (χ0v) is 7.18. The molecule has 1 aromatic rings. The van der Waals surface area contributed by atoms with E-state index >= 15 is 0 Å². The van der Waals surface area contributed by atoms with Crippen LogP contribution in [0.2, 0.25) is 0 Å². The summed E-state index contributed by atoms with van der Waals surface area (Å²) < 4.78 is 5.77. The summed E-state index contributed by atoms with van der Waals surface area (Å²) in [6.45, 7) is 0.607. The van der Waals surface area contributed by atoms with Crippen molar-refractivity contribution in [3.63, 3.8) is 0 Å². The fourth-order valence-electron chi connectivity index (χ4n) is 0.560. The highest BCUT2D eigenvalue weighted by atomic mass is 127. The van der Waals surface area contributed by atoms with Crippen molar-refractivity contribution in [1.29, 1.82) is 0 Å². The van der Waals surface area contributed by atoms with Gasteiger partial charge in [-0.2, -0.15) is 0 Å². The molecule has 0 saturated heterocycles. The number of nitrogens with zero attached hydrogens (tertiary/aromatic N) is 1. The molecule has 0 fully saturated rings. The SMILES string of the molecule is COCc1cnc(I)[nH]1. The van der Waals surface area contributed by atoms with Crippen LogP contribution in [0.3, 0.4) is 0 Å². The zero-order chi connectivity index (χ0) is 6.69. The smallest absolute Gasteiger partial charge is 0.168 e. The maximum Gasteiger partial charge on any atom is 0.168 e. The van der Waals surface area contributed by atoms with Crippen molar-refractivity contribution in [1.82, 2.24) is 9.97 Å². The van der Waals surface area contributed by atoms with Crippen molar-refractivity contribution in [2.24, 2.45) is 0 Å². The Balaban J connectivity index is 2.61. The lowest BCUT2D eigenvalue weighted by molar-refractivity contribution is 0.182. The van der Waals surface area contributed by atoms with Crippen LogP contribution >= 0.6 is 22.6 Å². The monoisotopic (exact) mass is 238 g/mol. The molecule has 0 unspecified atom stereocenters. The highest BCUT2D eigenvalue weighted by Crippen LogP contribution is 1.99. The lowest BCUT2D eigenvalue weighted by Gasteiger charge is -1.89. The number of H-pyrrole nitrogens is 1. The second-order valence-electron chi connectivity index (χ2n) is 1.63. The number of aromatic nitrogens is 2. The minimum absolute atomic E-state index is 0.607. The van der Waals surface area contributed by atoms with Crippen LogP contribution in [0.4, 0.5) is 0 Å².